The van der Waals surface area contributed by atoms with Gasteiger partial charge in [-0.3, -0.25) is 9.69 Å². The van der Waals surface area contributed by atoms with Crippen molar-refractivity contribution in [1.29, 1.82) is 0 Å². The molecule has 3 aromatic carbocycles. The molecule has 35 heavy (non-hydrogen) atoms. The number of urea groups is 1. The lowest BCUT2D eigenvalue weighted by Gasteiger charge is -2.39. The maximum absolute atomic E-state index is 13.9. The van der Waals surface area contributed by atoms with Crippen LogP contribution in [0.15, 0.2) is 48.5 Å². The van der Waals surface area contributed by atoms with Gasteiger partial charge in [-0.1, -0.05) is 23.7 Å². The summed E-state index contributed by atoms with van der Waals surface area (Å²) >= 11 is 6.16. The standard InChI is InChI=1S/C25H20ClF4N3O2/c1-13-18-6-4-14(24(34)31-11-19-21(29)9-17(28)10-22(19)30)7-23(18)33(25(35)32(13)2)12-15-3-5-16(27)8-20(15)26/h3-10,13H,11-12H2,1-2H3,(H,31,34). The minimum Gasteiger partial charge on any atom is -0.348 e. The molecule has 1 unspecified atom stereocenters. The third kappa shape index (κ3) is 4.81. The van der Waals surface area contributed by atoms with E-state index in [4.69, 9.17) is 11.6 Å². The molecule has 0 fully saturated rings. The fourth-order valence-electron chi connectivity index (χ4n) is 3.92. The zero-order valence-electron chi connectivity index (χ0n) is 18.7. The van der Waals surface area contributed by atoms with Gasteiger partial charge in [-0.2, -0.15) is 0 Å². The third-order valence-corrected chi connectivity index (χ3v) is 6.37. The summed E-state index contributed by atoms with van der Waals surface area (Å²) in [5.74, 6) is -4.44. The SMILES string of the molecule is CC1c2ccc(C(=O)NCc3c(F)cc(F)cc3F)cc2N(Cc2ccc(F)cc2Cl)C(=O)N1C. The molecular weight excluding hydrogens is 486 g/mol. The van der Waals surface area contributed by atoms with E-state index in [-0.39, 0.29) is 29.2 Å². The van der Waals surface area contributed by atoms with Gasteiger partial charge in [0.15, 0.2) is 0 Å². The monoisotopic (exact) mass is 505 g/mol. The van der Waals surface area contributed by atoms with Crippen molar-refractivity contribution >= 4 is 29.2 Å². The summed E-state index contributed by atoms with van der Waals surface area (Å²) in [7, 11) is 1.64. The van der Waals surface area contributed by atoms with Gasteiger partial charge in [0.2, 0.25) is 0 Å². The summed E-state index contributed by atoms with van der Waals surface area (Å²) in [6, 6.07) is 9.01. The van der Waals surface area contributed by atoms with E-state index in [2.05, 4.69) is 5.32 Å². The van der Waals surface area contributed by atoms with E-state index in [1.165, 1.54) is 34.1 Å². The molecule has 182 valence electrons. The number of amides is 3. The van der Waals surface area contributed by atoms with Crippen LogP contribution in [0.3, 0.4) is 0 Å². The van der Waals surface area contributed by atoms with Crippen molar-refractivity contribution in [2.75, 3.05) is 11.9 Å². The second-order valence-corrected chi connectivity index (χ2v) is 8.60. The highest BCUT2D eigenvalue weighted by molar-refractivity contribution is 6.31. The van der Waals surface area contributed by atoms with Crippen LogP contribution in [0.1, 0.15) is 40.0 Å². The molecule has 1 aliphatic rings. The zero-order chi connectivity index (χ0) is 25.4. The van der Waals surface area contributed by atoms with E-state index in [9.17, 15) is 27.2 Å². The smallest absolute Gasteiger partial charge is 0.325 e. The van der Waals surface area contributed by atoms with Gasteiger partial charge in [-0.05, 0) is 42.3 Å². The van der Waals surface area contributed by atoms with Crippen molar-refractivity contribution in [3.8, 4) is 0 Å². The zero-order valence-corrected chi connectivity index (χ0v) is 19.5. The quantitative estimate of drug-likeness (QED) is 0.435. The van der Waals surface area contributed by atoms with Crippen LogP contribution in [0, 0.1) is 23.3 Å². The summed E-state index contributed by atoms with van der Waals surface area (Å²) in [6.45, 7) is 1.36. The number of carbonyl (C=O) groups is 2. The van der Waals surface area contributed by atoms with Gasteiger partial charge >= 0.3 is 6.03 Å². The van der Waals surface area contributed by atoms with E-state index < -0.39 is 41.3 Å². The van der Waals surface area contributed by atoms with E-state index in [1.54, 1.807) is 13.1 Å². The maximum atomic E-state index is 13.9. The molecule has 0 aromatic heterocycles. The first-order chi connectivity index (χ1) is 16.6. The Hall–Kier alpha value is -3.59. The molecule has 0 bridgehead atoms. The molecule has 1 aliphatic heterocycles. The lowest BCUT2D eigenvalue weighted by Crippen LogP contribution is -2.46. The molecule has 1 heterocycles. The Morgan fingerprint density at radius 2 is 1.69 bits per heavy atom. The van der Waals surface area contributed by atoms with Gasteiger partial charge in [0.05, 0.1) is 18.3 Å². The van der Waals surface area contributed by atoms with Gasteiger partial charge in [-0.25, -0.2) is 22.4 Å². The molecule has 3 aromatic rings. The lowest BCUT2D eigenvalue weighted by atomic mass is 9.98. The molecule has 3 amide bonds. The third-order valence-electron chi connectivity index (χ3n) is 6.02. The molecule has 0 radical (unpaired) electrons. The molecule has 0 aliphatic carbocycles. The molecule has 10 heteroatoms. The second-order valence-electron chi connectivity index (χ2n) is 8.20. The molecule has 5 nitrogen and oxygen atoms in total. The average Bonchev–Trinajstić information content (AvgIpc) is 2.80. The van der Waals surface area contributed by atoms with Gasteiger partial charge in [0.1, 0.15) is 23.3 Å². The number of hydrogen-bond acceptors (Lipinski definition) is 2. The predicted octanol–water partition coefficient (Wildman–Crippen LogP) is 5.96. The molecular formula is C25H20ClF4N3O2. The number of halogens is 5. The minimum absolute atomic E-state index is 0.0269. The van der Waals surface area contributed by atoms with Crippen LogP contribution in [-0.2, 0) is 13.1 Å². The van der Waals surface area contributed by atoms with Crippen LogP contribution >= 0.6 is 11.6 Å². The fraction of sp³-hybridized carbons (Fsp3) is 0.200. The molecule has 1 N–H and O–H groups in total. The number of fused-ring (bicyclic) bond motifs is 1. The molecule has 1 atom stereocenters. The summed E-state index contributed by atoms with van der Waals surface area (Å²) in [6.07, 6.45) is 0. The number of nitrogens with one attached hydrogen (secondary N) is 1. The van der Waals surface area contributed by atoms with Crippen LogP contribution in [0.5, 0.6) is 0 Å². The fourth-order valence-corrected chi connectivity index (χ4v) is 4.15. The Morgan fingerprint density at radius 3 is 2.34 bits per heavy atom. The van der Waals surface area contributed by atoms with E-state index >= 15 is 0 Å². The Balaban J connectivity index is 1.63. The lowest BCUT2D eigenvalue weighted by molar-refractivity contribution is 0.0950. The summed E-state index contributed by atoms with van der Waals surface area (Å²) < 4.78 is 54.4. The first-order valence-electron chi connectivity index (χ1n) is 10.6. The van der Waals surface area contributed by atoms with Crippen LogP contribution in [0.4, 0.5) is 28.0 Å². The molecule has 0 saturated heterocycles. The number of nitrogens with zero attached hydrogens (tertiary/aromatic N) is 2. The van der Waals surface area contributed by atoms with Gasteiger partial charge in [0.25, 0.3) is 5.91 Å². The molecule has 0 saturated carbocycles. The number of carbonyl (C=O) groups excluding carboxylic acids is 2. The van der Waals surface area contributed by atoms with Crippen molar-refractivity contribution < 1.29 is 27.2 Å². The number of anilines is 1. The number of hydrogen-bond donors (Lipinski definition) is 1. The van der Waals surface area contributed by atoms with Crippen molar-refractivity contribution in [3.05, 3.63) is 99.1 Å². The van der Waals surface area contributed by atoms with Crippen molar-refractivity contribution in [2.45, 2.75) is 26.1 Å². The first-order valence-corrected chi connectivity index (χ1v) is 11.0. The highest BCUT2D eigenvalue weighted by Crippen LogP contribution is 2.37. The van der Waals surface area contributed by atoms with Crippen molar-refractivity contribution in [3.63, 3.8) is 0 Å². The molecule has 4 rings (SSSR count). The van der Waals surface area contributed by atoms with Gasteiger partial charge < -0.3 is 10.2 Å². The Labute approximate surface area is 203 Å². The molecule has 0 spiro atoms. The van der Waals surface area contributed by atoms with E-state index in [0.29, 0.717) is 23.4 Å². The normalized spacial score (nSPS) is 15.3. The maximum Gasteiger partial charge on any atom is 0.325 e. The number of rotatable bonds is 5. The average molecular weight is 506 g/mol. The Bertz CT molecular complexity index is 1310. The van der Waals surface area contributed by atoms with E-state index in [1.807, 2.05) is 6.92 Å². The highest BCUT2D eigenvalue weighted by Gasteiger charge is 2.34. The van der Waals surface area contributed by atoms with Crippen LogP contribution in [0.2, 0.25) is 5.02 Å². The number of benzene rings is 3. The van der Waals surface area contributed by atoms with Crippen LogP contribution in [-0.4, -0.2) is 23.9 Å². The summed E-state index contributed by atoms with van der Waals surface area (Å²) in [4.78, 5) is 28.8. The first kappa shape index (κ1) is 24.5. The van der Waals surface area contributed by atoms with Crippen LogP contribution < -0.4 is 10.2 Å². The highest BCUT2D eigenvalue weighted by atomic mass is 35.5. The second kappa shape index (κ2) is 9.58. The summed E-state index contributed by atoms with van der Waals surface area (Å²) in [5, 5.41) is 2.57. The van der Waals surface area contributed by atoms with Crippen molar-refractivity contribution in [2.24, 2.45) is 0 Å². The van der Waals surface area contributed by atoms with Gasteiger partial charge in [-0.15, -0.1) is 0 Å². The topological polar surface area (TPSA) is 52.7 Å². The van der Waals surface area contributed by atoms with Gasteiger partial charge in [0, 0.05) is 41.9 Å². The van der Waals surface area contributed by atoms with Crippen molar-refractivity contribution in [1.82, 2.24) is 10.2 Å². The Morgan fingerprint density at radius 1 is 1.00 bits per heavy atom. The van der Waals surface area contributed by atoms with E-state index in [0.717, 1.165) is 11.6 Å². The Kier molecular flexibility index (Phi) is 6.71. The largest absolute Gasteiger partial charge is 0.348 e. The summed E-state index contributed by atoms with van der Waals surface area (Å²) in [5.41, 5.74) is 1.39. The predicted molar refractivity (Wildman–Crippen MR) is 123 cm³/mol. The minimum atomic E-state index is -1.11. The van der Waals surface area contributed by atoms with Crippen LogP contribution in [0.25, 0.3) is 0 Å².